The largest absolute Gasteiger partial charge is 0.307 e. The number of benzene rings is 1. The molecule has 4 heterocycles. The van der Waals surface area contributed by atoms with Crippen molar-refractivity contribution in [1.29, 1.82) is 0 Å². The van der Waals surface area contributed by atoms with E-state index < -0.39 is 0 Å². The van der Waals surface area contributed by atoms with Gasteiger partial charge in [-0.05, 0) is 37.1 Å². The van der Waals surface area contributed by atoms with Crippen molar-refractivity contribution in [2.45, 2.75) is 50.6 Å². The van der Waals surface area contributed by atoms with Gasteiger partial charge in [-0.3, -0.25) is 13.8 Å². The second-order valence-electron chi connectivity index (χ2n) is 7.74. The molecule has 0 saturated heterocycles. The lowest BCUT2D eigenvalue weighted by Crippen LogP contribution is -2.23. The van der Waals surface area contributed by atoms with Gasteiger partial charge in [0.2, 0.25) is 5.78 Å². The molecule has 0 saturated carbocycles. The Hall–Kier alpha value is -3.13. The summed E-state index contributed by atoms with van der Waals surface area (Å²) in [7, 11) is 0. The summed E-state index contributed by atoms with van der Waals surface area (Å²) in [5, 5.41) is 10.3. The van der Waals surface area contributed by atoms with Crippen LogP contribution in [0.2, 0.25) is 0 Å². The number of pyridine rings is 1. The average Bonchev–Trinajstić information content (AvgIpc) is 3.40. The Kier molecular flexibility index (Phi) is 5.23. The number of para-hydroxylation sites is 1. The lowest BCUT2D eigenvalue weighted by atomic mass is 10.2. The number of imidazole rings is 1. The summed E-state index contributed by atoms with van der Waals surface area (Å²) < 4.78 is 5.83. The molecular formula is C23H24N6OS. The quantitative estimate of drug-likeness (QED) is 0.280. The number of hydrogen-bond acceptors (Lipinski definition) is 5. The third kappa shape index (κ3) is 3.50. The van der Waals surface area contributed by atoms with Crippen molar-refractivity contribution in [1.82, 2.24) is 28.5 Å². The van der Waals surface area contributed by atoms with Crippen LogP contribution in [-0.4, -0.2) is 28.5 Å². The molecule has 4 aromatic heterocycles. The van der Waals surface area contributed by atoms with Crippen molar-refractivity contribution in [3.05, 3.63) is 70.4 Å². The Balaban J connectivity index is 1.55. The summed E-state index contributed by atoms with van der Waals surface area (Å²) in [6.07, 6.45) is 7.19. The minimum atomic E-state index is -0.000945. The first-order chi connectivity index (χ1) is 15.2. The highest BCUT2D eigenvalue weighted by atomic mass is 32.2. The highest BCUT2D eigenvalue weighted by Crippen LogP contribution is 2.25. The zero-order valence-corrected chi connectivity index (χ0v) is 18.5. The van der Waals surface area contributed by atoms with E-state index in [2.05, 4.69) is 36.3 Å². The fourth-order valence-electron chi connectivity index (χ4n) is 3.96. The Morgan fingerprint density at radius 1 is 1.06 bits per heavy atom. The maximum atomic E-state index is 13.1. The van der Waals surface area contributed by atoms with Crippen LogP contribution in [0.4, 0.5) is 0 Å². The number of fused-ring (bicyclic) bond motifs is 4. The number of aromatic nitrogens is 6. The van der Waals surface area contributed by atoms with Crippen LogP contribution in [0.5, 0.6) is 0 Å². The second kappa shape index (κ2) is 8.19. The van der Waals surface area contributed by atoms with Gasteiger partial charge in [-0.1, -0.05) is 49.7 Å². The van der Waals surface area contributed by atoms with E-state index >= 15 is 0 Å². The zero-order valence-electron chi connectivity index (χ0n) is 17.7. The molecule has 0 aliphatic heterocycles. The van der Waals surface area contributed by atoms with E-state index in [0.717, 1.165) is 46.8 Å². The minimum Gasteiger partial charge on any atom is -0.307 e. The van der Waals surface area contributed by atoms with Gasteiger partial charge in [0.05, 0.1) is 16.6 Å². The lowest BCUT2D eigenvalue weighted by molar-refractivity contribution is 0.594. The smallest absolute Gasteiger partial charge is 0.262 e. The molecule has 0 amide bonds. The minimum absolute atomic E-state index is 0.000945. The van der Waals surface area contributed by atoms with Crippen LogP contribution in [0.15, 0.2) is 58.7 Å². The van der Waals surface area contributed by atoms with Crippen molar-refractivity contribution >= 4 is 34.1 Å². The first kappa shape index (κ1) is 19.8. The first-order valence-electron chi connectivity index (χ1n) is 10.6. The molecule has 0 unspecified atom stereocenters. The van der Waals surface area contributed by atoms with Gasteiger partial charge in [0.15, 0.2) is 5.16 Å². The number of aryl methyl sites for hydroxylation is 2. The Labute approximate surface area is 183 Å². The normalized spacial score (nSPS) is 11.8. The topological polar surface area (TPSA) is 69.5 Å². The van der Waals surface area contributed by atoms with Gasteiger partial charge in [0.25, 0.3) is 5.56 Å². The molecule has 0 radical (unpaired) electrons. The predicted molar refractivity (Wildman–Crippen MR) is 124 cm³/mol. The summed E-state index contributed by atoms with van der Waals surface area (Å²) in [5.41, 5.74) is 3.94. The number of thioether (sulfide) groups is 1. The maximum Gasteiger partial charge on any atom is 0.262 e. The van der Waals surface area contributed by atoms with E-state index in [-0.39, 0.29) is 5.56 Å². The Bertz CT molecular complexity index is 1450. The van der Waals surface area contributed by atoms with Crippen LogP contribution in [0.3, 0.4) is 0 Å². The monoisotopic (exact) mass is 432 g/mol. The molecule has 0 aliphatic rings. The van der Waals surface area contributed by atoms with Gasteiger partial charge in [0, 0.05) is 24.7 Å². The van der Waals surface area contributed by atoms with Gasteiger partial charge in [-0.2, -0.15) is 0 Å². The second-order valence-corrected chi connectivity index (χ2v) is 8.68. The fraction of sp³-hybridized carbons (Fsp3) is 0.304. The van der Waals surface area contributed by atoms with Crippen molar-refractivity contribution in [3.8, 4) is 0 Å². The molecule has 7 nitrogen and oxygen atoms in total. The third-order valence-electron chi connectivity index (χ3n) is 5.54. The van der Waals surface area contributed by atoms with Gasteiger partial charge < -0.3 is 4.40 Å². The molecule has 0 bridgehead atoms. The summed E-state index contributed by atoms with van der Waals surface area (Å²) >= 11 is 1.59. The van der Waals surface area contributed by atoms with E-state index in [9.17, 15) is 4.79 Å². The first-order valence-corrected chi connectivity index (χ1v) is 11.6. The van der Waals surface area contributed by atoms with Gasteiger partial charge in [-0.25, -0.2) is 4.98 Å². The molecule has 0 N–H and O–H groups in total. The Morgan fingerprint density at radius 2 is 1.94 bits per heavy atom. The highest BCUT2D eigenvalue weighted by molar-refractivity contribution is 7.98. The van der Waals surface area contributed by atoms with Crippen LogP contribution >= 0.6 is 11.8 Å². The molecule has 1 aromatic carbocycles. The predicted octanol–water partition coefficient (Wildman–Crippen LogP) is 4.48. The van der Waals surface area contributed by atoms with Crippen LogP contribution < -0.4 is 5.56 Å². The molecule has 5 aromatic rings. The Morgan fingerprint density at radius 3 is 2.77 bits per heavy atom. The summed E-state index contributed by atoms with van der Waals surface area (Å²) in [6.45, 7) is 4.87. The van der Waals surface area contributed by atoms with Crippen molar-refractivity contribution in [2.75, 3.05) is 0 Å². The van der Waals surface area contributed by atoms with E-state index in [1.165, 1.54) is 0 Å². The highest BCUT2D eigenvalue weighted by Gasteiger charge is 2.17. The fourth-order valence-corrected chi connectivity index (χ4v) is 4.78. The van der Waals surface area contributed by atoms with Crippen LogP contribution in [0.1, 0.15) is 37.4 Å². The molecule has 158 valence electrons. The lowest BCUT2D eigenvalue weighted by Gasteiger charge is -2.11. The molecule has 8 heteroatoms. The number of rotatable bonds is 7. The molecule has 0 aliphatic carbocycles. The maximum absolute atomic E-state index is 13.1. The zero-order chi connectivity index (χ0) is 21.4. The molecule has 5 rings (SSSR count). The standard InChI is InChI=1S/C23H24N6OS/c1-3-4-7-13-28-21(30)18-10-5-6-11-19(18)29-22(28)25-26-23(29)31-15-17-14-27-12-8-9-16(2)20(27)24-17/h5-6,8-12,14H,3-4,7,13,15H2,1-2H3. The molecule has 0 fully saturated rings. The molecule has 0 atom stereocenters. The van der Waals surface area contributed by atoms with E-state index in [1.54, 1.807) is 16.3 Å². The molecular weight excluding hydrogens is 408 g/mol. The van der Waals surface area contributed by atoms with Gasteiger partial charge in [-0.15, -0.1) is 10.2 Å². The number of unbranched alkanes of at least 4 members (excludes halogenated alkanes) is 2. The van der Waals surface area contributed by atoms with Crippen molar-refractivity contribution in [2.24, 2.45) is 0 Å². The molecule has 0 spiro atoms. The van der Waals surface area contributed by atoms with Crippen LogP contribution in [-0.2, 0) is 12.3 Å². The number of nitrogens with zero attached hydrogens (tertiary/aromatic N) is 6. The van der Waals surface area contributed by atoms with Crippen molar-refractivity contribution in [3.63, 3.8) is 0 Å². The van der Waals surface area contributed by atoms with Gasteiger partial charge >= 0.3 is 0 Å². The average molecular weight is 433 g/mol. The van der Waals surface area contributed by atoms with E-state index in [4.69, 9.17) is 4.98 Å². The van der Waals surface area contributed by atoms with E-state index in [0.29, 0.717) is 23.5 Å². The summed E-state index contributed by atoms with van der Waals surface area (Å²) in [5.74, 6) is 1.28. The number of hydrogen-bond donors (Lipinski definition) is 0. The van der Waals surface area contributed by atoms with E-state index in [1.807, 2.05) is 45.3 Å². The summed E-state index contributed by atoms with van der Waals surface area (Å²) in [4.78, 5) is 17.9. The third-order valence-corrected chi connectivity index (χ3v) is 6.50. The van der Waals surface area contributed by atoms with Crippen LogP contribution in [0, 0.1) is 6.92 Å². The van der Waals surface area contributed by atoms with Crippen LogP contribution in [0.25, 0.3) is 22.3 Å². The SMILES string of the molecule is CCCCCn1c(=O)c2ccccc2n2c(SCc3cn4cccc(C)c4n3)nnc12. The van der Waals surface area contributed by atoms with Gasteiger partial charge in [0.1, 0.15) is 5.65 Å². The van der Waals surface area contributed by atoms with Crippen molar-refractivity contribution < 1.29 is 0 Å². The summed E-state index contributed by atoms with van der Waals surface area (Å²) in [6, 6.07) is 11.8. The molecule has 31 heavy (non-hydrogen) atoms.